The van der Waals surface area contributed by atoms with Crippen LogP contribution in [0.1, 0.15) is 303 Å². The number of hydrogen-bond acceptors (Lipinski definition) is 6. The number of amides is 1. The summed E-state index contributed by atoms with van der Waals surface area (Å²) < 4.78 is 23.4. The van der Waals surface area contributed by atoms with Crippen LogP contribution in [0.15, 0.2) is 0 Å². The summed E-state index contributed by atoms with van der Waals surface area (Å²) in [6.45, 7) is 4.78. The van der Waals surface area contributed by atoms with E-state index in [1.165, 1.54) is 238 Å². The van der Waals surface area contributed by atoms with E-state index >= 15 is 0 Å². The number of quaternary nitrogens is 1. The number of nitrogens with one attached hydrogen (secondary N) is 1. The van der Waals surface area contributed by atoms with Crippen LogP contribution in [-0.2, 0) is 18.4 Å². The highest BCUT2D eigenvalue weighted by atomic mass is 31.2. The Bertz CT molecular complexity index is 1030. The Hall–Kier alpha value is -0.500. The first-order chi connectivity index (χ1) is 31.5. The van der Waals surface area contributed by atoms with Gasteiger partial charge in [-0.05, 0) is 12.8 Å². The number of rotatable bonds is 54. The third-order valence-corrected chi connectivity index (χ3v) is 14.6. The maximum absolute atomic E-state index is 13.0. The molecule has 0 spiro atoms. The molecule has 0 bridgehead atoms. The molecule has 0 aromatic heterocycles. The normalized spacial score (nSPS) is 13.9. The van der Waals surface area contributed by atoms with Gasteiger partial charge in [-0.2, -0.15) is 0 Å². The lowest BCUT2D eigenvalue weighted by Gasteiger charge is -2.30. The van der Waals surface area contributed by atoms with Gasteiger partial charge >= 0.3 is 0 Å². The molecular weight excluding hydrogens is 828 g/mol. The summed E-state index contributed by atoms with van der Waals surface area (Å²) in [5.74, 6) is -0.156. The van der Waals surface area contributed by atoms with Crippen molar-refractivity contribution in [3.05, 3.63) is 0 Å². The van der Waals surface area contributed by atoms with E-state index in [0.29, 0.717) is 23.9 Å². The predicted molar refractivity (Wildman–Crippen MR) is 279 cm³/mol. The lowest BCUT2D eigenvalue weighted by Crippen LogP contribution is -2.46. The van der Waals surface area contributed by atoms with Crippen molar-refractivity contribution in [1.82, 2.24) is 5.32 Å². The fourth-order valence-corrected chi connectivity index (χ4v) is 9.77. The molecule has 0 heterocycles. The third-order valence-electron chi connectivity index (χ3n) is 13.6. The maximum Gasteiger partial charge on any atom is 0.268 e. The zero-order valence-electron chi connectivity index (χ0n) is 44.5. The Kier molecular flexibility index (Phi) is 48.1. The van der Waals surface area contributed by atoms with E-state index in [1.54, 1.807) is 0 Å². The molecule has 65 heavy (non-hydrogen) atoms. The SMILES string of the molecule is CCCCCCCCCCCCCCCCCCCCCCCCCCCCC(=O)N[C@@H](COP(=O)([O-])OCC[N+](C)(C)C)[C@H](O)CCCCCCCCCCCCCCCCCCC. The molecule has 0 fully saturated rings. The van der Waals surface area contributed by atoms with Crippen molar-refractivity contribution in [1.29, 1.82) is 0 Å². The highest BCUT2D eigenvalue weighted by Gasteiger charge is 2.24. The molecule has 0 aromatic carbocycles. The molecule has 1 unspecified atom stereocenters. The Labute approximate surface area is 406 Å². The quantitative estimate of drug-likeness (QED) is 0.0357. The molecule has 0 saturated carbocycles. The number of carbonyl (C=O) groups excluding carboxylic acids is 1. The molecule has 9 heteroatoms. The highest BCUT2D eigenvalue weighted by molar-refractivity contribution is 7.45. The van der Waals surface area contributed by atoms with E-state index < -0.39 is 20.0 Å². The van der Waals surface area contributed by atoms with Crippen LogP contribution in [0.4, 0.5) is 0 Å². The van der Waals surface area contributed by atoms with Crippen LogP contribution < -0.4 is 10.2 Å². The van der Waals surface area contributed by atoms with Gasteiger partial charge in [-0.3, -0.25) is 9.36 Å². The molecular formula is C56H115N2O6P. The summed E-state index contributed by atoms with van der Waals surface area (Å²) in [6, 6.07) is -0.795. The minimum Gasteiger partial charge on any atom is -0.756 e. The molecule has 0 aliphatic carbocycles. The summed E-state index contributed by atoms with van der Waals surface area (Å²) in [7, 11) is 1.32. The van der Waals surface area contributed by atoms with Crippen LogP contribution in [0.3, 0.4) is 0 Å². The number of hydrogen-bond donors (Lipinski definition) is 2. The molecule has 3 atom stereocenters. The number of aliphatic hydroxyl groups excluding tert-OH is 1. The van der Waals surface area contributed by atoms with Crippen LogP contribution >= 0.6 is 7.82 Å². The number of aliphatic hydroxyl groups is 1. The number of phosphoric ester groups is 1. The van der Waals surface area contributed by atoms with Crippen molar-refractivity contribution in [2.75, 3.05) is 40.9 Å². The molecule has 0 aromatic rings. The zero-order valence-corrected chi connectivity index (χ0v) is 45.4. The van der Waals surface area contributed by atoms with Gasteiger partial charge in [-0.25, -0.2) is 0 Å². The van der Waals surface area contributed by atoms with Crippen molar-refractivity contribution in [3.8, 4) is 0 Å². The van der Waals surface area contributed by atoms with Crippen LogP contribution in [0.5, 0.6) is 0 Å². The minimum absolute atomic E-state index is 0.0166. The van der Waals surface area contributed by atoms with E-state index in [9.17, 15) is 19.4 Å². The standard InChI is InChI=1S/C56H115N2O6P/c1-6-8-10-12-14-16-18-20-22-24-25-26-27-28-29-30-31-32-34-36-38-40-42-44-46-48-50-56(60)57-54(53-64-65(61,62)63-52-51-58(3,4)5)55(59)49-47-45-43-41-39-37-35-33-23-21-19-17-15-13-11-9-7-2/h54-55,59H,6-53H2,1-5H3,(H-,57,60,61,62)/t54-,55+/m0/s1. The molecule has 390 valence electrons. The van der Waals surface area contributed by atoms with Gasteiger partial charge in [-0.1, -0.05) is 284 Å². The smallest absolute Gasteiger partial charge is 0.268 e. The Morgan fingerprint density at radius 1 is 0.477 bits per heavy atom. The van der Waals surface area contributed by atoms with E-state index in [2.05, 4.69) is 19.2 Å². The van der Waals surface area contributed by atoms with Crippen molar-refractivity contribution >= 4 is 13.7 Å². The van der Waals surface area contributed by atoms with Gasteiger partial charge in [0.1, 0.15) is 13.2 Å². The second-order valence-electron chi connectivity index (χ2n) is 21.4. The molecule has 0 radical (unpaired) electrons. The molecule has 1 amide bonds. The second kappa shape index (κ2) is 48.5. The number of unbranched alkanes of at least 4 members (excludes halogenated alkanes) is 41. The molecule has 8 nitrogen and oxygen atoms in total. The van der Waals surface area contributed by atoms with E-state index in [4.69, 9.17) is 9.05 Å². The van der Waals surface area contributed by atoms with Gasteiger partial charge in [-0.15, -0.1) is 0 Å². The zero-order chi connectivity index (χ0) is 47.8. The summed E-state index contributed by atoms with van der Waals surface area (Å²) in [5, 5.41) is 14.0. The Morgan fingerprint density at radius 2 is 0.754 bits per heavy atom. The van der Waals surface area contributed by atoms with Crippen molar-refractivity contribution in [2.24, 2.45) is 0 Å². The summed E-state index contributed by atoms with van der Waals surface area (Å²) in [6.07, 6.45) is 57.0. The van der Waals surface area contributed by atoms with Crippen molar-refractivity contribution < 1.29 is 32.9 Å². The van der Waals surface area contributed by atoms with E-state index in [-0.39, 0.29) is 19.1 Å². The fourth-order valence-electron chi connectivity index (χ4n) is 9.04. The highest BCUT2D eigenvalue weighted by Crippen LogP contribution is 2.38. The van der Waals surface area contributed by atoms with Gasteiger partial charge in [0.05, 0.1) is 39.9 Å². The lowest BCUT2D eigenvalue weighted by molar-refractivity contribution is -0.870. The Morgan fingerprint density at radius 3 is 1.05 bits per heavy atom. The first kappa shape index (κ1) is 64.5. The fraction of sp³-hybridized carbons (Fsp3) is 0.982. The monoisotopic (exact) mass is 943 g/mol. The third kappa shape index (κ3) is 51.2. The molecule has 0 aliphatic heterocycles. The van der Waals surface area contributed by atoms with Crippen molar-refractivity contribution in [2.45, 2.75) is 315 Å². The largest absolute Gasteiger partial charge is 0.756 e. The van der Waals surface area contributed by atoms with E-state index in [0.717, 1.165) is 38.5 Å². The molecule has 0 rings (SSSR count). The number of carbonyl (C=O) groups is 1. The van der Waals surface area contributed by atoms with Crippen molar-refractivity contribution in [3.63, 3.8) is 0 Å². The maximum atomic E-state index is 13.0. The van der Waals surface area contributed by atoms with Crippen LogP contribution in [0.25, 0.3) is 0 Å². The number of nitrogens with zero attached hydrogens (tertiary/aromatic N) is 1. The average molecular weight is 944 g/mol. The van der Waals surface area contributed by atoms with Gasteiger partial charge < -0.3 is 28.8 Å². The van der Waals surface area contributed by atoms with Gasteiger partial charge in [0, 0.05) is 6.42 Å². The first-order valence-electron chi connectivity index (χ1n) is 28.9. The van der Waals surface area contributed by atoms with Gasteiger partial charge in [0.15, 0.2) is 0 Å². The van der Waals surface area contributed by atoms with Crippen LogP contribution in [0, 0.1) is 0 Å². The molecule has 0 aliphatic rings. The number of likely N-dealkylation sites (N-methyl/N-ethyl adjacent to an activating group) is 1. The van der Waals surface area contributed by atoms with Crippen LogP contribution in [0.2, 0.25) is 0 Å². The minimum atomic E-state index is -4.57. The average Bonchev–Trinajstić information content (AvgIpc) is 3.26. The van der Waals surface area contributed by atoms with Gasteiger partial charge in [0.25, 0.3) is 7.82 Å². The molecule has 0 saturated heterocycles. The molecule has 2 N–H and O–H groups in total. The van der Waals surface area contributed by atoms with Crippen LogP contribution in [-0.4, -0.2) is 68.5 Å². The topological polar surface area (TPSA) is 108 Å². The number of phosphoric acid groups is 1. The van der Waals surface area contributed by atoms with Gasteiger partial charge in [0.2, 0.25) is 5.91 Å². The first-order valence-corrected chi connectivity index (χ1v) is 30.3. The Balaban J connectivity index is 4.08. The summed E-state index contributed by atoms with van der Waals surface area (Å²) >= 11 is 0. The summed E-state index contributed by atoms with van der Waals surface area (Å²) in [5.41, 5.74) is 0. The summed E-state index contributed by atoms with van der Waals surface area (Å²) in [4.78, 5) is 25.5. The predicted octanol–water partition coefficient (Wildman–Crippen LogP) is 16.6. The lowest BCUT2D eigenvalue weighted by atomic mass is 10.0. The van der Waals surface area contributed by atoms with E-state index in [1.807, 2.05) is 21.1 Å². The second-order valence-corrected chi connectivity index (χ2v) is 22.8.